The van der Waals surface area contributed by atoms with Crippen LogP contribution in [0.25, 0.3) is 0 Å². The monoisotopic (exact) mass is 286 g/mol. The van der Waals surface area contributed by atoms with Crippen molar-refractivity contribution in [2.24, 2.45) is 0 Å². The summed E-state index contributed by atoms with van der Waals surface area (Å²) in [6, 6.07) is 7.32. The zero-order valence-electron chi connectivity index (χ0n) is 12.0. The molecule has 0 spiro atoms. The summed E-state index contributed by atoms with van der Waals surface area (Å²) in [5.74, 6) is -0.383. The van der Waals surface area contributed by atoms with Crippen LogP contribution in [-0.2, 0) is 9.53 Å². The van der Waals surface area contributed by atoms with Crippen LogP contribution in [0.2, 0.25) is 0 Å². The number of nitrogens with zero attached hydrogens (tertiary/aromatic N) is 1. The van der Waals surface area contributed by atoms with Crippen molar-refractivity contribution in [3.8, 4) is 0 Å². The van der Waals surface area contributed by atoms with E-state index >= 15 is 0 Å². The molecule has 1 amide bonds. The first-order chi connectivity index (χ1) is 10.2. The van der Waals surface area contributed by atoms with Gasteiger partial charge in [0.25, 0.3) is 5.91 Å². The summed E-state index contributed by atoms with van der Waals surface area (Å²) < 4.78 is 4.73. The van der Waals surface area contributed by atoms with Crippen molar-refractivity contribution in [1.82, 2.24) is 4.90 Å². The van der Waals surface area contributed by atoms with Gasteiger partial charge in [0.15, 0.2) is 0 Å². The summed E-state index contributed by atoms with van der Waals surface area (Å²) in [7, 11) is 1.35. The van der Waals surface area contributed by atoms with Crippen LogP contribution < -0.4 is 5.32 Å². The molecule has 1 aromatic rings. The standard InChI is InChI=1S/C16H18N2O3/c1-21-15(19)10-13-14-8-4-5-9-18(14)16(20)11-6-2-3-7-12(11)17-13/h2-3,6-7,10,14,17H,4-5,8-9H2,1H3/b13-10-/t14-/m0/s1. The van der Waals surface area contributed by atoms with Gasteiger partial charge in [-0.1, -0.05) is 12.1 Å². The fourth-order valence-corrected chi connectivity index (χ4v) is 2.99. The highest BCUT2D eigenvalue weighted by molar-refractivity contribution is 6.01. The summed E-state index contributed by atoms with van der Waals surface area (Å²) in [5.41, 5.74) is 2.13. The van der Waals surface area contributed by atoms with Gasteiger partial charge < -0.3 is 15.0 Å². The maximum absolute atomic E-state index is 12.7. The number of esters is 1. The quantitative estimate of drug-likeness (QED) is 0.635. The minimum Gasteiger partial charge on any atom is -0.466 e. The second-order valence-corrected chi connectivity index (χ2v) is 5.30. The second-order valence-electron chi connectivity index (χ2n) is 5.30. The maximum atomic E-state index is 12.7. The van der Waals surface area contributed by atoms with Gasteiger partial charge in [-0.05, 0) is 31.4 Å². The van der Waals surface area contributed by atoms with Gasteiger partial charge >= 0.3 is 5.97 Å². The molecule has 2 heterocycles. The molecule has 0 aromatic heterocycles. The number of benzene rings is 1. The van der Waals surface area contributed by atoms with Crippen LogP contribution in [0, 0.1) is 0 Å². The van der Waals surface area contributed by atoms with E-state index < -0.39 is 5.97 Å². The summed E-state index contributed by atoms with van der Waals surface area (Å²) >= 11 is 0. The Morgan fingerprint density at radius 1 is 1.38 bits per heavy atom. The molecular weight excluding hydrogens is 268 g/mol. The Morgan fingerprint density at radius 3 is 3.00 bits per heavy atom. The number of rotatable bonds is 1. The van der Waals surface area contributed by atoms with E-state index in [1.165, 1.54) is 13.2 Å². The number of ether oxygens (including phenoxy) is 1. The minimum absolute atomic E-state index is 0.0241. The molecule has 1 atom stereocenters. The van der Waals surface area contributed by atoms with Gasteiger partial charge in [-0.25, -0.2) is 4.79 Å². The molecule has 1 saturated heterocycles. The number of para-hydroxylation sites is 1. The summed E-state index contributed by atoms with van der Waals surface area (Å²) in [5, 5.41) is 3.25. The lowest BCUT2D eigenvalue weighted by Crippen LogP contribution is -2.44. The maximum Gasteiger partial charge on any atom is 0.332 e. The van der Waals surface area contributed by atoms with Crippen LogP contribution in [0.15, 0.2) is 36.0 Å². The lowest BCUT2D eigenvalue weighted by Gasteiger charge is -2.35. The Morgan fingerprint density at radius 2 is 2.19 bits per heavy atom. The smallest absolute Gasteiger partial charge is 0.332 e. The van der Waals surface area contributed by atoms with Crippen LogP contribution in [0.5, 0.6) is 0 Å². The van der Waals surface area contributed by atoms with Crippen molar-refractivity contribution < 1.29 is 14.3 Å². The van der Waals surface area contributed by atoms with E-state index in [0.717, 1.165) is 37.2 Å². The molecule has 0 saturated carbocycles. The molecule has 3 rings (SSSR count). The van der Waals surface area contributed by atoms with Gasteiger partial charge in [0.1, 0.15) is 0 Å². The summed E-state index contributed by atoms with van der Waals surface area (Å²) in [6.45, 7) is 0.720. The van der Waals surface area contributed by atoms with E-state index in [1.54, 1.807) is 0 Å². The number of hydrogen-bond acceptors (Lipinski definition) is 4. The van der Waals surface area contributed by atoms with E-state index in [-0.39, 0.29) is 11.9 Å². The lowest BCUT2D eigenvalue weighted by molar-refractivity contribution is -0.134. The average molecular weight is 286 g/mol. The number of amides is 1. The van der Waals surface area contributed by atoms with E-state index in [2.05, 4.69) is 5.32 Å². The largest absolute Gasteiger partial charge is 0.466 e. The zero-order chi connectivity index (χ0) is 14.8. The molecule has 1 N–H and O–H groups in total. The molecule has 1 aromatic carbocycles. The van der Waals surface area contributed by atoms with Gasteiger partial charge in [-0.15, -0.1) is 0 Å². The zero-order valence-corrected chi connectivity index (χ0v) is 12.0. The fraction of sp³-hybridized carbons (Fsp3) is 0.375. The molecule has 1 fully saturated rings. The lowest BCUT2D eigenvalue weighted by atomic mass is 9.99. The van der Waals surface area contributed by atoms with Gasteiger partial charge in [0, 0.05) is 18.3 Å². The first-order valence-corrected chi connectivity index (χ1v) is 7.17. The summed E-state index contributed by atoms with van der Waals surface area (Å²) in [4.78, 5) is 26.2. The van der Waals surface area contributed by atoms with Crippen LogP contribution in [0.3, 0.4) is 0 Å². The van der Waals surface area contributed by atoms with E-state index in [1.807, 2.05) is 29.2 Å². The molecule has 110 valence electrons. The Balaban J connectivity index is 2.07. The van der Waals surface area contributed by atoms with Gasteiger partial charge in [-0.2, -0.15) is 0 Å². The molecule has 21 heavy (non-hydrogen) atoms. The minimum atomic E-state index is -0.408. The molecule has 2 aliphatic rings. The molecule has 5 nitrogen and oxygen atoms in total. The topological polar surface area (TPSA) is 58.6 Å². The highest BCUT2D eigenvalue weighted by Gasteiger charge is 2.34. The fourth-order valence-electron chi connectivity index (χ4n) is 2.99. The Labute approximate surface area is 123 Å². The molecule has 0 radical (unpaired) electrons. The molecule has 0 unspecified atom stereocenters. The van der Waals surface area contributed by atoms with Gasteiger partial charge in [0.2, 0.25) is 0 Å². The predicted octanol–water partition coefficient (Wildman–Crippen LogP) is 2.16. The van der Waals surface area contributed by atoms with Crippen molar-refractivity contribution in [3.05, 3.63) is 41.6 Å². The highest BCUT2D eigenvalue weighted by atomic mass is 16.5. The molecule has 5 heteroatoms. The van der Waals surface area contributed by atoms with E-state index in [9.17, 15) is 9.59 Å². The third-order valence-corrected chi connectivity index (χ3v) is 4.03. The molecule has 2 aliphatic heterocycles. The molecule has 0 bridgehead atoms. The van der Waals surface area contributed by atoms with E-state index in [4.69, 9.17) is 4.74 Å². The van der Waals surface area contributed by atoms with Crippen molar-refractivity contribution in [2.45, 2.75) is 25.3 Å². The van der Waals surface area contributed by atoms with Crippen LogP contribution >= 0.6 is 0 Å². The number of fused-ring (bicyclic) bond motifs is 2. The Hall–Kier alpha value is -2.30. The van der Waals surface area contributed by atoms with E-state index in [0.29, 0.717) is 5.56 Å². The van der Waals surface area contributed by atoms with Gasteiger partial charge in [0.05, 0.1) is 24.4 Å². The summed E-state index contributed by atoms with van der Waals surface area (Å²) in [6.07, 6.45) is 4.36. The molecule has 0 aliphatic carbocycles. The number of methoxy groups -OCH3 is 1. The van der Waals surface area contributed by atoms with Crippen molar-refractivity contribution >= 4 is 17.6 Å². The van der Waals surface area contributed by atoms with Crippen LogP contribution in [-0.4, -0.2) is 36.5 Å². The third-order valence-electron chi connectivity index (χ3n) is 4.03. The number of carbonyl (C=O) groups is 2. The van der Waals surface area contributed by atoms with Crippen LogP contribution in [0.4, 0.5) is 5.69 Å². The number of piperidine rings is 1. The first-order valence-electron chi connectivity index (χ1n) is 7.17. The first kappa shape index (κ1) is 13.7. The van der Waals surface area contributed by atoms with Crippen molar-refractivity contribution in [3.63, 3.8) is 0 Å². The van der Waals surface area contributed by atoms with Gasteiger partial charge in [-0.3, -0.25) is 4.79 Å². The van der Waals surface area contributed by atoms with Crippen LogP contribution in [0.1, 0.15) is 29.6 Å². The SMILES string of the molecule is COC(=O)/C=C1\Nc2ccccc2C(=O)N2CCCC[C@@H]12. The predicted molar refractivity (Wildman–Crippen MR) is 78.8 cm³/mol. The second kappa shape index (κ2) is 5.60. The Kier molecular flexibility index (Phi) is 3.64. The number of hydrogen-bond donors (Lipinski definition) is 1. The average Bonchev–Trinajstić information content (AvgIpc) is 2.64. The molecular formula is C16H18N2O3. The van der Waals surface area contributed by atoms with Crippen molar-refractivity contribution in [1.29, 1.82) is 0 Å². The highest BCUT2D eigenvalue weighted by Crippen LogP contribution is 2.32. The Bertz CT molecular complexity index is 609. The number of anilines is 1. The number of nitrogens with one attached hydrogen (secondary N) is 1. The number of carbonyl (C=O) groups excluding carboxylic acids is 2. The third kappa shape index (κ3) is 2.51. The van der Waals surface area contributed by atoms with Crippen molar-refractivity contribution in [2.75, 3.05) is 19.0 Å². The normalized spacial score (nSPS) is 22.9.